The number of thiophene rings is 1. The van der Waals surface area contributed by atoms with Gasteiger partial charge in [-0.2, -0.15) is 0 Å². The van der Waals surface area contributed by atoms with E-state index in [0.29, 0.717) is 50.9 Å². The third-order valence-electron chi connectivity index (χ3n) is 7.93. The minimum absolute atomic E-state index is 0.0477. The number of benzene rings is 3. The zero-order valence-corrected chi connectivity index (χ0v) is 26.9. The zero-order valence-electron chi connectivity index (χ0n) is 25.3. The van der Waals surface area contributed by atoms with Crippen LogP contribution in [0.5, 0.6) is 11.5 Å². The number of hydrogen-bond donors (Lipinski definition) is 0. The minimum Gasteiger partial charge on any atom is -0.494 e. The summed E-state index contributed by atoms with van der Waals surface area (Å²) in [4.78, 5) is 41.6. The third kappa shape index (κ3) is 7.76. The monoisotopic (exact) mass is 631 g/mol. The highest BCUT2D eigenvalue weighted by molar-refractivity contribution is 7.23. The van der Waals surface area contributed by atoms with Crippen molar-refractivity contribution in [3.8, 4) is 21.9 Å². The molecule has 1 fully saturated rings. The summed E-state index contributed by atoms with van der Waals surface area (Å²) in [5, 5.41) is 1.12. The summed E-state index contributed by atoms with van der Waals surface area (Å²) in [5.74, 6) is 0.589. The number of ether oxygens (including phenoxy) is 2. The zero-order chi connectivity index (χ0) is 31.1. The topological polar surface area (TPSA) is 72.9 Å². The molecular formula is C36H38ClNO5S. The van der Waals surface area contributed by atoms with Crippen LogP contribution in [0.4, 0.5) is 0 Å². The SMILES string of the molecule is CCCCC(=O)Oc1ccc(-c2sc3cc(C(C)=O)ccc3c2C(=O)c2ccc(OCCCN3CCCCC3)cc2)c(Cl)c1. The molecule has 1 aromatic heterocycles. The van der Waals surface area contributed by atoms with Gasteiger partial charge in [0.1, 0.15) is 11.5 Å². The Hall–Kier alpha value is -3.52. The van der Waals surface area contributed by atoms with Gasteiger partial charge < -0.3 is 14.4 Å². The standard InChI is InChI=1S/C36H38ClNO5S/c1-3-4-9-33(40)43-28-15-17-29(31(37)23-28)36-34(30-16-12-26(24(2)39)22-32(30)44-36)35(41)25-10-13-27(14-11-25)42-21-8-20-38-18-6-5-7-19-38/h10-17,22-23H,3-9,18-21H2,1-2H3. The number of Topliss-reactive ketones (excluding diaryl/α,β-unsaturated/α-hetero) is 1. The van der Waals surface area contributed by atoms with Crippen LogP contribution in [0.15, 0.2) is 60.7 Å². The number of likely N-dealkylation sites (tertiary alicyclic amines) is 1. The Morgan fingerprint density at radius 3 is 2.32 bits per heavy atom. The third-order valence-corrected chi connectivity index (χ3v) is 9.43. The Morgan fingerprint density at radius 2 is 1.61 bits per heavy atom. The highest BCUT2D eigenvalue weighted by Crippen LogP contribution is 2.43. The molecule has 0 saturated carbocycles. The normalized spacial score (nSPS) is 13.6. The molecule has 230 valence electrons. The first-order valence-electron chi connectivity index (χ1n) is 15.4. The lowest BCUT2D eigenvalue weighted by Gasteiger charge is -2.26. The van der Waals surface area contributed by atoms with Gasteiger partial charge in [-0.15, -0.1) is 11.3 Å². The van der Waals surface area contributed by atoms with Crippen molar-refractivity contribution in [2.75, 3.05) is 26.2 Å². The smallest absolute Gasteiger partial charge is 0.311 e. The first-order chi connectivity index (χ1) is 21.3. The maximum absolute atomic E-state index is 14.1. The highest BCUT2D eigenvalue weighted by Gasteiger charge is 2.24. The van der Waals surface area contributed by atoms with Crippen LogP contribution < -0.4 is 9.47 Å². The quantitative estimate of drug-likeness (QED) is 0.0634. The molecule has 0 amide bonds. The van der Waals surface area contributed by atoms with Gasteiger partial charge in [0.05, 0.1) is 11.6 Å². The van der Waals surface area contributed by atoms with Crippen molar-refractivity contribution >= 4 is 50.6 Å². The van der Waals surface area contributed by atoms with E-state index >= 15 is 0 Å². The van der Waals surface area contributed by atoms with Crippen LogP contribution in [0.25, 0.3) is 20.5 Å². The molecule has 4 aromatic rings. The molecule has 44 heavy (non-hydrogen) atoms. The number of ketones is 2. The van der Waals surface area contributed by atoms with Crippen molar-refractivity contribution in [3.05, 3.63) is 82.4 Å². The molecule has 0 radical (unpaired) electrons. The number of esters is 1. The molecule has 5 rings (SSSR count). The van der Waals surface area contributed by atoms with E-state index in [0.717, 1.165) is 41.6 Å². The number of piperidine rings is 1. The lowest BCUT2D eigenvalue weighted by molar-refractivity contribution is -0.134. The number of carbonyl (C=O) groups excluding carboxylic acids is 3. The molecule has 0 atom stereocenters. The minimum atomic E-state index is -0.306. The molecule has 0 unspecified atom stereocenters. The van der Waals surface area contributed by atoms with E-state index in [1.54, 1.807) is 36.4 Å². The van der Waals surface area contributed by atoms with Gasteiger partial charge >= 0.3 is 5.97 Å². The summed E-state index contributed by atoms with van der Waals surface area (Å²) in [6.45, 7) is 7.56. The fourth-order valence-corrected chi connectivity index (χ4v) is 7.09. The first-order valence-corrected chi connectivity index (χ1v) is 16.6. The van der Waals surface area contributed by atoms with E-state index in [9.17, 15) is 14.4 Å². The summed E-state index contributed by atoms with van der Waals surface area (Å²) < 4.78 is 12.3. The van der Waals surface area contributed by atoms with Gasteiger partial charge in [0, 0.05) is 56.2 Å². The second-order valence-corrected chi connectivity index (χ2v) is 12.7. The van der Waals surface area contributed by atoms with Crippen molar-refractivity contribution in [2.24, 2.45) is 0 Å². The second kappa shape index (κ2) is 15.0. The summed E-state index contributed by atoms with van der Waals surface area (Å²) in [7, 11) is 0. The van der Waals surface area contributed by atoms with Crippen LogP contribution in [0.3, 0.4) is 0 Å². The number of unbranched alkanes of at least 4 members (excludes halogenated alkanes) is 1. The van der Waals surface area contributed by atoms with E-state index in [1.165, 1.54) is 50.6 Å². The Balaban J connectivity index is 1.39. The van der Waals surface area contributed by atoms with E-state index < -0.39 is 0 Å². The summed E-state index contributed by atoms with van der Waals surface area (Å²) in [5.41, 5.74) is 2.28. The molecule has 8 heteroatoms. The van der Waals surface area contributed by atoms with Crippen LogP contribution >= 0.6 is 22.9 Å². The van der Waals surface area contributed by atoms with Crippen molar-refractivity contribution in [3.63, 3.8) is 0 Å². The summed E-state index contributed by atoms with van der Waals surface area (Å²) in [6, 6.07) is 17.7. The van der Waals surface area contributed by atoms with Gasteiger partial charge in [-0.3, -0.25) is 14.4 Å². The lowest BCUT2D eigenvalue weighted by Crippen LogP contribution is -2.31. The molecule has 2 heterocycles. The number of nitrogens with zero attached hydrogens (tertiary/aromatic N) is 1. The van der Waals surface area contributed by atoms with Crippen LogP contribution in [-0.4, -0.2) is 48.7 Å². The Morgan fingerprint density at radius 1 is 0.886 bits per heavy atom. The van der Waals surface area contributed by atoms with Crippen molar-refractivity contribution < 1.29 is 23.9 Å². The van der Waals surface area contributed by atoms with E-state index in [-0.39, 0.29) is 17.5 Å². The van der Waals surface area contributed by atoms with E-state index in [4.69, 9.17) is 21.1 Å². The molecule has 0 bridgehead atoms. The molecule has 0 spiro atoms. The second-order valence-electron chi connectivity index (χ2n) is 11.3. The number of rotatable bonds is 13. The molecule has 3 aromatic carbocycles. The van der Waals surface area contributed by atoms with Crippen LogP contribution in [-0.2, 0) is 4.79 Å². The Labute approximate surface area is 267 Å². The molecule has 0 N–H and O–H groups in total. The lowest BCUT2D eigenvalue weighted by atomic mass is 9.96. The maximum Gasteiger partial charge on any atom is 0.311 e. The number of fused-ring (bicyclic) bond motifs is 1. The summed E-state index contributed by atoms with van der Waals surface area (Å²) >= 11 is 8.16. The molecule has 1 saturated heterocycles. The van der Waals surface area contributed by atoms with E-state index in [1.807, 2.05) is 31.2 Å². The van der Waals surface area contributed by atoms with Crippen LogP contribution in [0.2, 0.25) is 5.02 Å². The highest BCUT2D eigenvalue weighted by atomic mass is 35.5. The van der Waals surface area contributed by atoms with E-state index in [2.05, 4.69) is 4.90 Å². The predicted molar refractivity (Wildman–Crippen MR) is 178 cm³/mol. The Bertz CT molecular complexity index is 1640. The number of carbonyl (C=O) groups is 3. The number of halogens is 1. The number of hydrogen-bond acceptors (Lipinski definition) is 7. The van der Waals surface area contributed by atoms with Crippen molar-refractivity contribution in [1.82, 2.24) is 4.90 Å². The largest absolute Gasteiger partial charge is 0.494 e. The molecule has 0 aliphatic carbocycles. The first kappa shape index (κ1) is 31.9. The van der Waals surface area contributed by atoms with Gasteiger partial charge in [0.2, 0.25) is 0 Å². The molecule has 1 aliphatic rings. The predicted octanol–water partition coefficient (Wildman–Crippen LogP) is 9.01. The average molecular weight is 632 g/mol. The van der Waals surface area contributed by atoms with Gasteiger partial charge in [-0.1, -0.05) is 43.5 Å². The average Bonchev–Trinajstić information content (AvgIpc) is 3.41. The van der Waals surface area contributed by atoms with Gasteiger partial charge in [-0.05, 0) is 88.2 Å². The van der Waals surface area contributed by atoms with Gasteiger partial charge in [0.15, 0.2) is 11.6 Å². The van der Waals surface area contributed by atoms with Crippen LogP contribution in [0.1, 0.15) is 85.1 Å². The van der Waals surface area contributed by atoms with Gasteiger partial charge in [0.25, 0.3) is 0 Å². The van der Waals surface area contributed by atoms with Crippen molar-refractivity contribution in [2.45, 2.75) is 58.8 Å². The van der Waals surface area contributed by atoms with Crippen molar-refractivity contribution in [1.29, 1.82) is 0 Å². The fraction of sp³-hybridized carbons (Fsp3) is 0.361. The molecular weight excluding hydrogens is 594 g/mol. The molecule has 6 nitrogen and oxygen atoms in total. The maximum atomic E-state index is 14.1. The summed E-state index contributed by atoms with van der Waals surface area (Å²) in [6.07, 6.45) is 6.85. The van der Waals surface area contributed by atoms with Crippen LogP contribution in [0, 0.1) is 0 Å². The molecule has 1 aliphatic heterocycles. The fourth-order valence-electron chi connectivity index (χ4n) is 5.49. The van der Waals surface area contributed by atoms with Gasteiger partial charge in [-0.25, -0.2) is 0 Å². The Kier molecular flexibility index (Phi) is 10.9.